The molecule has 8 saturated carbocycles. The molecule has 0 amide bonds. The summed E-state index contributed by atoms with van der Waals surface area (Å²) in [5.74, 6) is 12.6. The molecule has 8 aliphatic carbocycles. The molecule has 12 aliphatic rings. The first kappa shape index (κ1) is 37.8. The first-order valence-corrected chi connectivity index (χ1v) is 25.7. The Hall–Kier alpha value is 0.0835. The maximum atomic E-state index is 6.26. The van der Waals surface area contributed by atoms with E-state index in [0.717, 1.165) is 59.2 Å². The third-order valence-corrected chi connectivity index (χ3v) is 21.0. The van der Waals surface area contributed by atoms with E-state index in [4.69, 9.17) is 15.0 Å². The van der Waals surface area contributed by atoms with E-state index < -0.39 is 0 Å². The molecule has 6 bridgehead atoms. The summed E-state index contributed by atoms with van der Waals surface area (Å²) < 4.78 is 1.23. The molecule has 22 unspecified atom stereocenters. The predicted molar refractivity (Wildman–Crippen MR) is 221 cm³/mol. The summed E-state index contributed by atoms with van der Waals surface area (Å²) in [4.78, 5) is 0. The first-order valence-electron chi connectivity index (χ1n) is 25.2. The molecule has 0 aromatic heterocycles. The molecule has 12 fully saturated rings. The Morgan fingerprint density at radius 1 is 0.357 bits per heavy atom. The van der Waals surface area contributed by atoms with Gasteiger partial charge in [0, 0.05) is 0 Å². The van der Waals surface area contributed by atoms with Gasteiger partial charge in [-0.3, -0.25) is 0 Å². The normalized spacial score (nSPS) is 56.9. The molecule has 0 radical (unpaired) electrons. The van der Waals surface area contributed by atoms with E-state index in [1.165, 1.54) is 159 Å². The van der Waals surface area contributed by atoms with Gasteiger partial charge in [-0.05, 0) is 0 Å². The molecule has 7 nitrogen and oxygen atoms in total. The Morgan fingerprint density at radius 3 is 1.07 bits per heavy atom. The van der Waals surface area contributed by atoms with Crippen molar-refractivity contribution in [2.24, 2.45) is 94.7 Å². The van der Waals surface area contributed by atoms with E-state index in [-0.39, 0.29) is 0 Å². The molecule has 316 valence electrons. The fourth-order valence-electron chi connectivity index (χ4n) is 17.7. The summed E-state index contributed by atoms with van der Waals surface area (Å²) in [5, 5.41) is 30.6. The van der Waals surface area contributed by atoms with Gasteiger partial charge in [-0.15, -0.1) is 0 Å². The fourth-order valence-corrected chi connectivity index (χ4v) is 18.2. The Balaban J connectivity index is 0.884. The van der Waals surface area contributed by atoms with Crippen molar-refractivity contribution in [2.75, 3.05) is 0 Å². The second-order valence-electron chi connectivity index (χ2n) is 22.8. The van der Waals surface area contributed by atoms with Crippen molar-refractivity contribution in [3.8, 4) is 0 Å². The molecule has 4 heterocycles. The molecule has 4 aliphatic heterocycles. The van der Waals surface area contributed by atoms with E-state index in [1.807, 2.05) is 0 Å². The molecule has 56 heavy (non-hydrogen) atoms. The Kier molecular flexibility index (Phi) is 10.6. The van der Waals surface area contributed by atoms with Crippen LogP contribution in [0.1, 0.15) is 154 Å². The summed E-state index contributed by atoms with van der Waals surface area (Å²) in [6.07, 6.45) is 36.7. The zero-order valence-corrected chi connectivity index (χ0v) is 35.6. The van der Waals surface area contributed by atoms with E-state index in [1.54, 1.807) is 0 Å². The van der Waals surface area contributed by atoms with Crippen molar-refractivity contribution in [3.63, 3.8) is 0 Å². The predicted octanol–water partition coefficient (Wildman–Crippen LogP) is 7.29. The quantitative estimate of drug-likeness (QED) is 0.102. The van der Waals surface area contributed by atoms with Crippen molar-refractivity contribution in [1.29, 1.82) is 0 Å². The molecule has 0 aromatic carbocycles. The topological polar surface area (TPSA) is 84.2 Å². The third-order valence-electron chi connectivity index (χ3n) is 20.5. The summed E-state index contributed by atoms with van der Waals surface area (Å²) in [7, 11) is 0. The molecule has 7 N–H and O–H groups in total. The van der Waals surface area contributed by atoms with Gasteiger partial charge in [0.1, 0.15) is 0 Å². The number of nitrogens with one attached hydrogen (secondary N) is 7. The van der Waals surface area contributed by atoms with Crippen LogP contribution in [0.5, 0.6) is 0 Å². The average molecular weight is 812 g/mol. The second kappa shape index (κ2) is 15.8. The van der Waals surface area contributed by atoms with Gasteiger partial charge >= 0.3 is 343 Å². The first-order chi connectivity index (χ1) is 27.6. The van der Waals surface area contributed by atoms with Crippen LogP contribution in [0.3, 0.4) is 0 Å². The second-order valence-corrected chi connectivity index (χ2v) is 23.4. The zero-order valence-electron chi connectivity index (χ0n) is 34.6. The van der Waals surface area contributed by atoms with Crippen molar-refractivity contribution in [2.45, 2.75) is 191 Å². The zero-order chi connectivity index (χ0) is 36.9. The van der Waals surface area contributed by atoms with Crippen LogP contribution < -0.4 is 37.2 Å². The molecule has 22 atom stereocenters. The van der Waals surface area contributed by atoms with Gasteiger partial charge in [0.25, 0.3) is 0 Å². The minimum atomic E-state index is 0.307. The number of rotatable bonds is 0. The summed E-state index contributed by atoms with van der Waals surface area (Å²) in [5.41, 5.74) is 0. The molecule has 4 saturated heterocycles. The maximum absolute atomic E-state index is 6.26. The molecular weight excluding hydrogens is 733 g/mol. The van der Waals surface area contributed by atoms with Crippen LogP contribution in [-0.4, -0.2) is 41.6 Å². The Morgan fingerprint density at radius 2 is 0.661 bits per heavy atom. The van der Waals surface area contributed by atoms with Crippen molar-refractivity contribution < 1.29 is 15.0 Å². The van der Waals surface area contributed by atoms with E-state index in [9.17, 15) is 0 Å². The van der Waals surface area contributed by atoms with Gasteiger partial charge in [-0.1, -0.05) is 6.42 Å². The van der Waals surface area contributed by atoms with Crippen molar-refractivity contribution in [1.82, 2.24) is 37.2 Å². The minimum absolute atomic E-state index is 0.307. The van der Waals surface area contributed by atoms with E-state index in [0.29, 0.717) is 72.5 Å². The Bertz CT molecular complexity index is 1430. The SMILES string of the molecule is [Ni]=[C]1NC2NC(NC3NC(NC4NC(N[CH-]C5CC6CCCCC6CC15)C1CC5CCCCC5CC41)C1CC4CCCCC4CC31)C1CC3CCCCC3CC21. The summed E-state index contributed by atoms with van der Waals surface area (Å²) in [6.45, 7) is 2.64. The molecule has 0 aromatic rings. The number of hydrogen-bond acceptors (Lipinski definition) is 7. The van der Waals surface area contributed by atoms with Gasteiger partial charge in [0.05, 0.1) is 0 Å². The van der Waals surface area contributed by atoms with E-state index >= 15 is 0 Å². The standard InChI is InChI=1S/C48H78N7.Ni/c1-2-10-28-18-36-26-50-44-38-20-30-12-4-6-14-32(30)22-40(38)46(52-44)54-48-42-24-34-16-8-7-15-33(34)23-41(42)47(55-48)53-45-39-21-31-13-5-3-11-29(31)19-37(39)43(51-45)49-25-35(36)17-27(28)9-1;/h25,27-55H,1-24H2;/q-1;. The van der Waals surface area contributed by atoms with Crippen molar-refractivity contribution >= 4 is 4.61 Å². The number of hydrogen-bond donors (Lipinski definition) is 7. The fraction of sp³-hybridized carbons (Fsp3) is 0.958. The Labute approximate surface area is 347 Å². The van der Waals surface area contributed by atoms with Crippen LogP contribution in [0.4, 0.5) is 0 Å². The average Bonchev–Trinajstić information content (AvgIpc) is 3.86. The van der Waals surface area contributed by atoms with Gasteiger partial charge < -0.3 is 0 Å². The van der Waals surface area contributed by atoms with Crippen molar-refractivity contribution in [3.05, 3.63) is 6.54 Å². The number of fused-ring (bicyclic) bond motifs is 20. The van der Waals surface area contributed by atoms with Gasteiger partial charge in [0.2, 0.25) is 0 Å². The summed E-state index contributed by atoms with van der Waals surface area (Å²) in [6, 6.07) is 0. The third kappa shape index (κ3) is 6.86. The molecular formula is C48H78N7Ni-. The van der Waals surface area contributed by atoms with Gasteiger partial charge in [0.15, 0.2) is 0 Å². The van der Waals surface area contributed by atoms with Crippen LogP contribution in [-0.2, 0) is 15.0 Å². The van der Waals surface area contributed by atoms with Crippen LogP contribution in [0.25, 0.3) is 0 Å². The molecule has 0 spiro atoms. The van der Waals surface area contributed by atoms with Crippen LogP contribution >= 0.6 is 0 Å². The van der Waals surface area contributed by atoms with Crippen LogP contribution in [0.15, 0.2) is 0 Å². The summed E-state index contributed by atoms with van der Waals surface area (Å²) >= 11 is 6.26. The van der Waals surface area contributed by atoms with Crippen LogP contribution in [0.2, 0.25) is 0 Å². The molecule has 12 rings (SSSR count). The van der Waals surface area contributed by atoms with Gasteiger partial charge in [-0.2, -0.15) is 0 Å². The van der Waals surface area contributed by atoms with E-state index in [2.05, 4.69) is 43.8 Å². The molecule has 8 heteroatoms. The monoisotopic (exact) mass is 811 g/mol. The van der Waals surface area contributed by atoms with Gasteiger partial charge in [-0.25, -0.2) is 0 Å². The van der Waals surface area contributed by atoms with Crippen LogP contribution in [0, 0.1) is 101 Å².